The van der Waals surface area contributed by atoms with Gasteiger partial charge in [0.15, 0.2) is 9.84 Å². The molecule has 0 bridgehead atoms. The average Bonchev–Trinajstić information content (AvgIpc) is 2.36. The summed E-state index contributed by atoms with van der Waals surface area (Å²) >= 11 is 5.74. The Hall–Kier alpha value is -0.980. The molecule has 9 heteroatoms. The van der Waals surface area contributed by atoms with Crippen molar-refractivity contribution in [3.05, 3.63) is 10.4 Å². The van der Waals surface area contributed by atoms with Gasteiger partial charge in [0.2, 0.25) is 5.91 Å². The van der Waals surface area contributed by atoms with Gasteiger partial charge in [0, 0.05) is 4.91 Å². The van der Waals surface area contributed by atoms with E-state index in [1.807, 2.05) is 0 Å². The number of nitrogens with zero attached hydrogens (tertiary/aromatic N) is 3. The van der Waals surface area contributed by atoms with Gasteiger partial charge in [0.25, 0.3) is 0 Å². The average molecular weight is 253 g/mol. The topological polar surface area (TPSA) is 112 Å². The first kappa shape index (κ1) is 12.1. The molecule has 1 saturated heterocycles. The summed E-state index contributed by atoms with van der Waals surface area (Å²) in [5, 5.41) is 4.83. The minimum Gasteiger partial charge on any atom is -0.351 e. The fraction of sp³-hybridized carbons (Fsp3) is 0.833. The highest BCUT2D eigenvalue weighted by Crippen LogP contribution is 2.17. The van der Waals surface area contributed by atoms with Gasteiger partial charge in [-0.3, -0.25) is 4.79 Å². The van der Waals surface area contributed by atoms with Crippen LogP contribution in [0.2, 0.25) is 0 Å². The molecule has 15 heavy (non-hydrogen) atoms. The minimum absolute atomic E-state index is 0.138. The lowest BCUT2D eigenvalue weighted by Gasteiger charge is -2.12. The van der Waals surface area contributed by atoms with Crippen LogP contribution >= 0.6 is 11.6 Å². The summed E-state index contributed by atoms with van der Waals surface area (Å²) in [5.74, 6) is -0.829. The van der Waals surface area contributed by atoms with E-state index in [0.717, 1.165) is 0 Å². The van der Waals surface area contributed by atoms with Crippen LogP contribution in [-0.4, -0.2) is 43.8 Å². The normalized spacial score (nSPS) is 28.1. The second kappa shape index (κ2) is 4.69. The first-order valence-corrected chi connectivity index (χ1v) is 6.35. The van der Waals surface area contributed by atoms with Gasteiger partial charge >= 0.3 is 0 Å². The van der Waals surface area contributed by atoms with Gasteiger partial charge in [-0.25, -0.2) is 8.42 Å². The minimum atomic E-state index is -3.16. The van der Waals surface area contributed by atoms with Gasteiger partial charge in [0.05, 0.1) is 22.9 Å². The number of rotatable bonds is 3. The Morgan fingerprint density at radius 2 is 2.27 bits per heavy atom. The molecule has 1 aliphatic heterocycles. The van der Waals surface area contributed by atoms with Crippen LogP contribution in [0.3, 0.4) is 0 Å². The number of sulfone groups is 1. The van der Waals surface area contributed by atoms with Gasteiger partial charge in [0.1, 0.15) is 6.54 Å². The zero-order valence-corrected chi connectivity index (χ0v) is 9.20. The predicted molar refractivity (Wildman–Crippen MR) is 54.2 cm³/mol. The molecule has 1 heterocycles. The molecule has 0 saturated carbocycles. The second-order valence-corrected chi connectivity index (χ2v) is 5.87. The van der Waals surface area contributed by atoms with Crippen LogP contribution < -0.4 is 5.32 Å². The SMILES string of the molecule is [N-]=[N+]=NCC(=O)NC1CS(=O)(=O)CC1Cl. The molecule has 0 aromatic carbocycles. The zero-order chi connectivity index (χ0) is 11.5. The van der Waals surface area contributed by atoms with E-state index in [-0.39, 0.29) is 18.1 Å². The number of carbonyl (C=O) groups excluding carboxylic acids is 1. The van der Waals surface area contributed by atoms with Crippen molar-refractivity contribution in [3.8, 4) is 0 Å². The molecule has 1 rings (SSSR count). The highest BCUT2D eigenvalue weighted by Gasteiger charge is 2.37. The Morgan fingerprint density at radius 3 is 2.73 bits per heavy atom. The smallest absolute Gasteiger partial charge is 0.226 e. The number of amides is 1. The third-order valence-electron chi connectivity index (χ3n) is 1.91. The number of hydrogen-bond donors (Lipinski definition) is 1. The molecule has 1 amide bonds. The lowest BCUT2D eigenvalue weighted by molar-refractivity contribution is -0.120. The molecule has 0 spiro atoms. The fourth-order valence-corrected chi connectivity index (χ4v) is 3.84. The number of hydrogen-bond acceptors (Lipinski definition) is 4. The Labute approximate surface area is 91.3 Å². The molecule has 1 N–H and O–H groups in total. The summed E-state index contributed by atoms with van der Waals surface area (Å²) in [7, 11) is -3.16. The second-order valence-electron chi connectivity index (χ2n) is 3.16. The summed E-state index contributed by atoms with van der Waals surface area (Å²) in [6.45, 7) is -0.351. The fourth-order valence-electron chi connectivity index (χ4n) is 1.29. The standard InChI is InChI=1S/C6H9ClN4O3S/c7-4-2-15(13,14)3-5(4)10-6(12)1-9-11-8/h4-5H,1-3H2,(H,10,12). The Balaban J connectivity index is 2.53. The molecule has 84 valence electrons. The Kier molecular flexibility index (Phi) is 3.78. The largest absolute Gasteiger partial charge is 0.351 e. The molecule has 0 aliphatic carbocycles. The maximum atomic E-state index is 11.1. The van der Waals surface area contributed by atoms with E-state index < -0.39 is 27.2 Å². The number of alkyl halides is 1. The van der Waals surface area contributed by atoms with Crippen LogP contribution in [0.4, 0.5) is 0 Å². The first-order valence-electron chi connectivity index (χ1n) is 4.09. The van der Waals surface area contributed by atoms with Crippen molar-refractivity contribution < 1.29 is 13.2 Å². The molecular weight excluding hydrogens is 244 g/mol. The van der Waals surface area contributed by atoms with E-state index >= 15 is 0 Å². The molecule has 2 unspecified atom stereocenters. The van der Waals surface area contributed by atoms with Gasteiger partial charge in [-0.05, 0) is 5.53 Å². The molecule has 7 nitrogen and oxygen atoms in total. The van der Waals surface area contributed by atoms with Crippen LogP contribution in [0, 0.1) is 0 Å². The van der Waals surface area contributed by atoms with Crippen molar-refractivity contribution in [2.75, 3.05) is 18.1 Å². The molecule has 0 aromatic heterocycles. The van der Waals surface area contributed by atoms with Gasteiger partial charge < -0.3 is 5.32 Å². The zero-order valence-electron chi connectivity index (χ0n) is 7.63. The predicted octanol–water partition coefficient (Wildman–Crippen LogP) is -0.183. The number of nitrogens with one attached hydrogen (secondary N) is 1. The monoisotopic (exact) mass is 252 g/mol. The summed E-state index contributed by atoms with van der Waals surface area (Å²) in [6.07, 6.45) is 0. The third-order valence-corrected chi connectivity index (χ3v) is 4.28. The molecule has 2 atom stereocenters. The summed E-state index contributed by atoms with van der Waals surface area (Å²) in [4.78, 5) is 13.5. The summed E-state index contributed by atoms with van der Waals surface area (Å²) < 4.78 is 22.3. The van der Waals surface area contributed by atoms with Crippen molar-refractivity contribution in [2.24, 2.45) is 5.11 Å². The lowest BCUT2D eigenvalue weighted by Crippen LogP contribution is -2.41. The maximum absolute atomic E-state index is 11.1. The van der Waals surface area contributed by atoms with Gasteiger partial charge in [-0.1, -0.05) is 5.11 Å². The summed E-state index contributed by atoms with van der Waals surface area (Å²) in [5.41, 5.74) is 7.97. The third kappa shape index (κ3) is 3.58. The molecule has 0 aromatic rings. The Morgan fingerprint density at radius 1 is 1.60 bits per heavy atom. The van der Waals surface area contributed by atoms with Crippen LogP contribution in [-0.2, 0) is 14.6 Å². The van der Waals surface area contributed by atoms with Crippen molar-refractivity contribution in [1.82, 2.24) is 5.32 Å². The van der Waals surface area contributed by atoms with Crippen LogP contribution in [0.15, 0.2) is 5.11 Å². The van der Waals surface area contributed by atoms with E-state index in [2.05, 4.69) is 15.3 Å². The maximum Gasteiger partial charge on any atom is 0.226 e. The van der Waals surface area contributed by atoms with E-state index in [1.54, 1.807) is 0 Å². The number of halogens is 1. The van der Waals surface area contributed by atoms with Crippen molar-refractivity contribution >= 4 is 27.3 Å². The number of carbonyl (C=O) groups is 1. The quantitative estimate of drug-likeness (QED) is 0.325. The Bertz CT molecular complexity index is 403. The van der Waals surface area contributed by atoms with Gasteiger partial charge in [-0.15, -0.1) is 11.6 Å². The van der Waals surface area contributed by atoms with Crippen LogP contribution in [0.5, 0.6) is 0 Å². The van der Waals surface area contributed by atoms with Crippen LogP contribution in [0.25, 0.3) is 10.4 Å². The highest BCUT2D eigenvalue weighted by molar-refractivity contribution is 7.91. The molecule has 0 radical (unpaired) electrons. The van der Waals surface area contributed by atoms with E-state index in [0.29, 0.717) is 0 Å². The molecule has 1 aliphatic rings. The lowest BCUT2D eigenvalue weighted by atomic mass is 10.2. The summed E-state index contributed by atoms with van der Waals surface area (Å²) in [6, 6.07) is -0.599. The van der Waals surface area contributed by atoms with Crippen molar-refractivity contribution in [1.29, 1.82) is 0 Å². The van der Waals surface area contributed by atoms with Crippen LogP contribution in [0.1, 0.15) is 0 Å². The van der Waals surface area contributed by atoms with Crippen molar-refractivity contribution in [2.45, 2.75) is 11.4 Å². The van der Waals surface area contributed by atoms with E-state index in [1.165, 1.54) is 0 Å². The first-order chi connectivity index (χ1) is 6.94. The molecular formula is C6H9ClN4O3S. The molecule has 1 fully saturated rings. The number of azide groups is 1. The van der Waals surface area contributed by atoms with E-state index in [9.17, 15) is 13.2 Å². The van der Waals surface area contributed by atoms with Crippen molar-refractivity contribution in [3.63, 3.8) is 0 Å². The van der Waals surface area contributed by atoms with Gasteiger partial charge in [-0.2, -0.15) is 0 Å². The highest BCUT2D eigenvalue weighted by atomic mass is 35.5. The van der Waals surface area contributed by atoms with E-state index in [4.69, 9.17) is 17.1 Å².